The Morgan fingerprint density at radius 1 is 0.941 bits per heavy atom. The Hall–Kier alpha value is -1.47. The van der Waals surface area contributed by atoms with Crippen LogP contribution >= 0.6 is 11.6 Å². The number of hydrogen-bond donors (Lipinski definition) is 0. The van der Waals surface area contributed by atoms with Crippen LogP contribution in [0.3, 0.4) is 0 Å². The average molecular weight is 246 g/mol. The minimum atomic E-state index is 0.817. The lowest BCUT2D eigenvalue weighted by molar-refractivity contribution is 1.13. The fourth-order valence-corrected chi connectivity index (χ4v) is 1.91. The molecule has 0 aliphatic carbocycles. The van der Waals surface area contributed by atoms with E-state index in [9.17, 15) is 0 Å². The SMILES string of the molecule is Cc1cc(-c2cccc(N(C)C)c2)ccc1Cl. The van der Waals surface area contributed by atoms with Crippen molar-refractivity contribution in [3.63, 3.8) is 0 Å². The molecule has 0 amide bonds. The molecule has 0 aromatic heterocycles. The maximum Gasteiger partial charge on any atom is 0.0435 e. The lowest BCUT2D eigenvalue weighted by atomic mass is 10.0. The summed E-state index contributed by atoms with van der Waals surface area (Å²) in [7, 11) is 4.10. The first-order chi connectivity index (χ1) is 8.08. The van der Waals surface area contributed by atoms with Crippen molar-refractivity contribution >= 4 is 17.3 Å². The standard InChI is InChI=1S/C15H16ClN/c1-11-9-13(7-8-15(11)16)12-5-4-6-14(10-12)17(2)3/h4-10H,1-3H3. The summed E-state index contributed by atoms with van der Waals surface area (Å²) < 4.78 is 0. The lowest BCUT2D eigenvalue weighted by Crippen LogP contribution is -2.08. The van der Waals surface area contributed by atoms with Crippen molar-refractivity contribution < 1.29 is 0 Å². The van der Waals surface area contributed by atoms with Gasteiger partial charge >= 0.3 is 0 Å². The van der Waals surface area contributed by atoms with Gasteiger partial charge in [-0.05, 0) is 47.9 Å². The Morgan fingerprint density at radius 3 is 2.29 bits per heavy atom. The number of halogens is 1. The fourth-order valence-electron chi connectivity index (χ4n) is 1.79. The normalized spacial score (nSPS) is 10.4. The smallest absolute Gasteiger partial charge is 0.0435 e. The molecule has 0 atom stereocenters. The number of hydrogen-bond acceptors (Lipinski definition) is 1. The Balaban J connectivity index is 2.45. The van der Waals surface area contributed by atoms with Crippen molar-refractivity contribution in [2.24, 2.45) is 0 Å². The van der Waals surface area contributed by atoms with Gasteiger partial charge in [0.2, 0.25) is 0 Å². The first kappa shape index (κ1) is 12.0. The van der Waals surface area contributed by atoms with Gasteiger partial charge in [-0.1, -0.05) is 29.8 Å². The molecule has 0 bridgehead atoms. The van der Waals surface area contributed by atoms with Crippen LogP contribution in [0.25, 0.3) is 11.1 Å². The first-order valence-electron chi connectivity index (χ1n) is 5.62. The Labute approximate surface area is 108 Å². The number of benzene rings is 2. The van der Waals surface area contributed by atoms with E-state index in [-0.39, 0.29) is 0 Å². The van der Waals surface area contributed by atoms with Crippen molar-refractivity contribution in [1.29, 1.82) is 0 Å². The van der Waals surface area contributed by atoms with Gasteiger partial charge in [0, 0.05) is 24.8 Å². The second kappa shape index (κ2) is 4.80. The molecule has 1 nitrogen and oxygen atoms in total. The van der Waals surface area contributed by atoms with Crippen LogP contribution in [0, 0.1) is 6.92 Å². The predicted molar refractivity (Wildman–Crippen MR) is 76.0 cm³/mol. The molecule has 2 aromatic carbocycles. The zero-order chi connectivity index (χ0) is 12.4. The van der Waals surface area contributed by atoms with Crippen LogP contribution in [0.15, 0.2) is 42.5 Å². The molecule has 0 radical (unpaired) electrons. The van der Waals surface area contributed by atoms with E-state index in [1.807, 2.05) is 27.1 Å². The Kier molecular flexibility index (Phi) is 3.39. The zero-order valence-corrected chi connectivity index (χ0v) is 11.1. The van der Waals surface area contributed by atoms with E-state index < -0.39 is 0 Å². The number of aryl methyl sites for hydroxylation is 1. The van der Waals surface area contributed by atoms with Gasteiger partial charge in [0.15, 0.2) is 0 Å². The van der Waals surface area contributed by atoms with Gasteiger partial charge in [0.25, 0.3) is 0 Å². The molecule has 0 aliphatic rings. The van der Waals surface area contributed by atoms with Crippen LogP contribution in [0.5, 0.6) is 0 Å². The molecule has 0 N–H and O–H groups in total. The summed E-state index contributed by atoms with van der Waals surface area (Å²) in [6.07, 6.45) is 0. The molecular formula is C15H16ClN. The first-order valence-corrected chi connectivity index (χ1v) is 5.99. The van der Waals surface area contributed by atoms with Gasteiger partial charge < -0.3 is 4.90 Å². The van der Waals surface area contributed by atoms with E-state index in [1.165, 1.54) is 16.8 Å². The molecule has 17 heavy (non-hydrogen) atoms. The summed E-state index contributed by atoms with van der Waals surface area (Å²) in [4.78, 5) is 2.10. The third-order valence-electron chi connectivity index (χ3n) is 2.85. The molecule has 0 saturated carbocycles. The van der Waals surface area contributed by atoms with Crippen LogP contribution in [0.2, 0.25) is 5.02 Å². The van der Waals surface area contributed by atoms with Gasteiger partial charge in [-0.2, -0.15) is 0 Å². The van der Waals surface area contributed by atoms with E-state index in [0.29, 0.717) is 0 Å². The summed E-state index contributed by atoms with van der Waals surface area (Å²) >= 11 is 6.04. The number of nitrogens with zero attached hydrogens (tertiary/aromatic N) is 1. The molecule has 0 spiro atoms. The van der Waals surface area contributed by atoms with E-state index in [4.69, 9.17) is 11.6 Å². The summed E-state index contributed by atoms with van der Waals surface area (Å²) in [6, 6.07) is 14.6. The topological polar surface area (TPSA) is 3.24 Å². The van der Waals surface area contributed by atoms with E-state index in [2.05, 4.69) is 41.3 Å². The minimum absolute atomic E-state index is 0.817. The van der Waals surface area contributed by atoms with Crippen molar-refractivity contribution in [1.82, 2.24) is 0 Å². The maximum atomic E-state index is 6.04. The third kappa shape index (κ3) is 2.62. The van der Waals surface area contributed by atoms with Crippen LogP contribution < -0.4 is 4.90 Å². The monoisotopic (exact) mass is 245 g/mol. The highest BCUT2D eigenvalue weighted by Crippen LogP contribution is 2.27. The van der Waals surface area contributed by atoms with Crippen molar-refractivity contribution in [2.45, 2.75) is 6.92 Å². The molecule has 2 aromatic rings. The third-order valence-corrected chi connectivity index (χ3v) is 3.28. The maximum absolute atomic E-state index is 6.04. The second-order valence-corrected chi connectivity index (χ2v) is 4.82. The highest BCUT2D eigenvalue weighted by molar-refractivity contribution is 6.31. The van der Waals surface area contributed by atoms with Crippen molar-refractivity contribution in [2.75, 3.05) is 19.0 Å². The number of rotatable bonds is 2. The van der Waals surface area contributed by atoms with Crippen molar-refractivity contribution in [3.8, 4) is 11.1 Å². The average Bonchev–Trinajstić information content (AvgIpc) is 2.33. The summed E-state index contributed by atoms with van der Waals surface area (Å²) in [6.45, 7) is 2.03. The predicted octanol–water partition coefficient (Wildman–Crippen LogP) is 4.38. The molecule has 2 rings (SSSR count). The molecule has 88 valence electrons. The largest absolute Gasteiger partial charge is 0.378 e. The summed E-state index contributed by atoms with van der Waals surface area (Å²) in [5, 5.41) is 0.817. The molecule has 2 heteroatoms. The molecule has 0 aliphatic heterocycles. The van der Waals surface area contributed by atoms with E-state index in [1.54, 1.807) is 0 Å². The van der Waals surface area contributed by atoms with Gasteiger partial charge in [0.05, 0.1) is 0 Å². The Bertz CT molecular complexity index is 532. The number of anilines is 1. The van der Waals surface area contributed by atoms with E-state index in [0.717, 1.165) is 10.6 Å². The zero-order valence-electron chi connectivity index (χ0n) is 10.4. The van der Waals surface area contributed by atoms with Gasteiger partial charge in [-0.3, -0.25) is 0 Å². The van der Waals surface area contributed by atoms with E-state index >= 15 is 0 Å². The highest BCUT2D eigenvalue weighted by atomic mass is 35.5. The quantitative estimate of drug-likeness (QED) is 0.759. The lowest BCUT2D eigenvalue weighted by Gasteiger charge is -2.14. The second-order valence-electron chi connectivity index (χ2n) is 4.41. The van der Waals surface area contributed by atoms with Gasteiger partial charge in [-0.25, -0.2) is 0 Å². The van der Waals surface area contributed by atoms with Crippen molar-refractivity contribution in [3.05, 3.63) is 53.1 Å². The molecule has 0 unspecified atom stereocenters. The molecular weight excluding hydrogens is 230 g/mol. The summed E-state index contributed by atoms with van der Waals surface area (Å²) in [5.74, 6) is 0. The fraction of sp³-hybridized carbons (Fsp3) is 0.200. The molecule has 0 saturated heterocycles. The van der Waals surface area contributed by atoms with Crippen LogP contribution in [-0.2, 0) is 0 Å². The van der Waals surface area contributed by atoms with Gasteiger partial charge in [0.1, 0.15) is 0 Å². The Morgan fingerprint density at radius 2 is 1.65 bits per heavy atom. The van der Waals surface area contributed by atoms with Crippen LogP contribution in [0.4, 0.5) is 5.69 Å². The van der Waals surface area contributed by atoms with Crippen LogP contribution in [0.1, 0.15) is 5.56 Å². The van der Waals surface area contributed by atoms with Crippen LogP contribution in [-0.4, -0.2) is 14.1 Å². The molecule has 0 fully saturated rings. The molecule has 0 heterocycles. The minimum Gasteiger partial charge on any atom is -0.378 e. The highest BCUT2D eigenvalue weighted by Gasteiger charge is 2.02. The summed E-state index contributed by atoms with van der Waals surface area (Å²) in [5.41, 5.74) is 4.74. The van der Waals surface area contributed by atoms with Gasteiger partial charge in [-0.15, -0.1) is 0 Å².